The van der Waals surface area contributed by atoms with Crippen LogP contribution < -0.4 is 27.0 Å². The Morgan fingerprint density at radius 1 is 0.975 bits per heavy atom. The van der Waals surface area contributed by atoms with E-state index in [-0.39, 0.29) is 19.3 Å². The first-order valence-corrected chi connectivity index (χ1v) is 13.8. The van der Waals surface area contributed by atoms with Gasteiger partial charge in [0, 0.05) is 19.0 Å². The molecular formula is C25H35N7O7S. The van der Waals surface area contributed by atoms with Gasteiger partial charge in [-0.3, -0.25) is 19.2 Å². The van der Waals surface area contributed by atoms with Gasteiger partial charge >= 0.3 is 5.97 Å². The maximum absolute atomic E-state index is 12.9. The molecule has 9 N–H and O–H groups in total. The SMILES string of the molecule is CSCC[C@H](NC(=O)CNC(=O)[C@H](Cc1ccccc1)NC(=O)[C@@H](N)CO)C(=O)N[C@@H](Cc1c[nH]cn1)C(=O)O. The number of hydrogen-bond donors (Lipinski definition) is 8. The topological polar surface area (TPSA) is 229 Å². The molecular weight excluding hydrogens is 542 g/mol. The van der Waals surface area contributed by atoms with Gasteiger partial charge in [0.05, 0.1) is 25.2 Å². The number of carboxylic acid groups (broad SMARTS) is 1. The molecule has 0 bridgehead atoms. The molecule has 4 amide bonds. The number of nitrogens with one attached hydrogen (secondary N) is 5. The van der Waals surface area contributed by atoms with Gasteiger partial charge < -0.3 is 42.2 Å². The fourth-order valence-electron chi connectivity index (χ4n) is 3.55. The second kappa shape index (κ2) is 16.9. The summed E-state index contributed by atoms with van der Waals surface area (Å²) < 4.78 is 0. The van der Waals surface area contributed by atoms with Crippen LogP contribution in [0, 0.1) is 0 Å². The van der Waals surface area contributed by atoms with Crippen molar-refractivity contribution in [3.63, 3.8) is 0 Å². The van der Waals surface area contributed by atoms with Gasteiger partial charge in [0.2, 0.25) is 23.6 Å². The number of aliphatic hydroxyl groups excluding tert-OH is 1. The highest BCUT2D eigenvalue weighted by Gasteiger charge is 2.28. The van der Waals surface area contributed by atoms with Crippen LogP contribution in [-0.2, 0) is 36.8 Å². The van der Waals surface area contributed by atoms with E-state index >= 15 is 0 Å². The molecule has 0 unspecified atom stereocenters. The Labute approximate surface area is 235 Å². The van der Waals surface area contributed by atoms with Gasteiger partial charge in [-0.15, -0.1) is 0 Å². The standard InChI is InChI=1S/C25H35N7O7S/c1-40-8-7-18(24(37)32-20(25(38)39)10-16-11-27-14-29-16)30-21(34)12-28-23(36)19(31-22(35)17(26)13-33)9-15-5-3-2-4-6-15/h2-6,11,14,17-20,33H,7-10,12-13,26H2,1H3,(H,27,29)(H,28,36)(H,30,34)(H,31,35)(H,32,37)(H,38,39)/t17-,18-,19-,20-/m0/s1. The van der Waals surface area contributed by atoms with Crippen molar-refractivity contribution in [3.8, 4) is 0 Å². The van der Waals surface area contributed by atoms with E-state index < -0.39 is 66.9 Å². The molecule has 0 saturated carbocycles. The zero-order valence-electron chi connectivity index (χ0n) is 22.0. The second-order valence-electron chi connectivity index (χ2n) is 8.82. The Morgan fingerprint density at radius 3 is 2.27 bits per heavy atom. The molecule has 1 heterocycles. The van der Waals surface area contributed by atoms with Gasteiger partial charge in [-0.1, -0.05) is 30.3 Å². The fourth-order valence-corrected chi connectivity index (χ4v) is 4.02. The van der Waals surface area contributed by atoms with E-state index in [1.54, 1.807) is 30.3 Å². The van der Waals surface area contributed by atoms with Crippen LogP contribution in [0.1, 0.15) is 17.7 Å². The van der Waals surface area contributed by atoms with Gasteiger partial charge in [0.1, 0.15) is 24.2 Å². The molecule has 2 rings (SSSR count). The number of benzene rings is 1. The Hall–Kier alpha value is -3.95. The van der Waals surface area contributed by atoms with E-state index in [0.717, 1.165) is 5.56 Å². The molecule has 0 aliphatic carbocycles. The van der Waals surface area contributed by atoms with Crippen molar-refractivity contribution in [2.24, 2.45) is 5.73 Å². The average Bonchev–Trinajstić information content (AvgIpc) is 3.46. The maximum atomic E-state index is 12.9. The first-order chi connectivity index (χ1) is 19.1. The smallest absolute Gasteiger partial charge is 0.326 e. The van der Waals surface area contributed by atoms with Crippen LogP contribution in [0.15, 0.2) is 42.9 Å². The monoisotopic (exact) mass is 577 g/mol. The highest BCUT2D eigenvalue weighted by Crippen LogP contribution is 2.06. The molecule has 15 heteroatoms. The number of carbonyl (C=O) groups excluding carboxylic acids is 4. The number of amides is 4. The Morgan fingerprint density at radius 2 is 1.68 bits per heavy atom. The molecule has 0 fully saturated rings. The molecule has 14 nitrogen and oxygen atoms in total. The van der Waals surface area contributed by atoms with E-state index in [0.29, 0.717) is 11.4 Å². The van der Waals surface area contributed by atoms with E-state index in [4.69, 9.17) is 10.8 Å². The lowest BCUT2D eigenvalue weighted by molar-refractivity contribution is -0.142. The largest absolute Gasteiger partial charge is 0.480 e. The second-order valence-corrected chi connectivity index (χ2v) is 9.81. The highest BCUT2D eigenvalue weighted by molar-refractivity contribution is 7.98. The number of imidazole rings is 1. The number of aliphatic hydroxyl groups is 1. The lowest BCUT2D eigenvalue weighted by Gasteiger charge is -2.22. The number of nitrogens with zero attached hydrogens (tertiary/aromatic N) is 1. The summed E-state index contributed by atoms with van der Waals surface area (Å²) >= 11 is 1.44. The van der Waals surface area contributed by atoms with E-state index in [1.807, 2.05) is 6.26 Å². The summed E-state index contributed by atoms with van der Waals surface area (Å²) in [6, 6.07) is 4.21. The van der Waals surface area contributed by atoms with Crippen molar-refractivity contribution in [1.82, 2.24) is 31.2 Å². The predicted octanol–water partition coefficient (Wildman–Crippen LogP) is -2.08. The third-order valence-corrected chi connectivity index (χ3v) is 6.36. The van der Waals surface area contributed by atoms with Crippen molar-refractivity contribution >= 4 is 41.4 Å². The summed E-state index contributed by atoms with van der Waals surface area (Å²) in [6.07, 6.45) is 4.98. The lowest BCUT2D eigenvalue weighted by atomic mass is 10.0. The summed E-state index contributed by atoms with van der Waals surface area (Å²) in [5.74, 6) is -3.55. The molecule has 218 valence electrons. The van der Waals surface area contributed by atoms with Crippen molar-refractivity contribution < 1.29 is 34.2 Å². The van der Waals surface area contributed by atoms with Gasteiger partial charge in [-0.25, -0.2) is 9.78 Å². The number of thioether (sulfide) groups is 1. The van der Waals surface area contributed by atoms with Gasteiger partial charge in [-0.2, -0.15) is 11.8 Å². The third kappa shape index (κ3) is 11.0. The summed E-state index contributed by atoms with van der Waals surface area (Å²) in [4.78, 5) is 69.1. The van der Waals surface area contributed by atoms with Crippen molar-refractivity contribution in [1.29, 1.82) is 0 Å². The van der Waals surface area contributed by atoms with Crippen LogP contribution in [0.4, 0.5) is 0 Å². The number of nitrogens with two attached hydrogens (primary N) is 1. The number of carboxylic acids is 1. The van der Waals surface area contributed by atoms with Gasteiger partial charge in [-0.05, 0) is 24.0 Å². The number of aromatic nitrogens is 2. The van der Waals surface area contributed by atoms with E-state index in [2.05, 4.69) is 31.2 Å². The number of H-pyrrole nitrogens is 1. The minimum atomic E-state index is -1.27. The number of rotatable bonds is 17. The quantitative estimate of drug-likeness (QED) is 0.102. The number of carbonyl (C=O) groups is 5. The van der Waals surface area contributed by atoms with Crippen molar-refractivity contribution in [2.75, 3.05) is 25.2 Å². The molecule has 0 spiro atoms. The van der Waals surface area contributed by atoms with Crippen LogP contribution in [0.3, 0.4) is 0 Å². The summed E-state index contributed by atoms with van der Waals surface area (Å²) in [5.41, 5.74) is 6.73. The third-order valence-electron chi connectivity index (χ3n) is 5.72. The van der Waals surface area contributed by atoms with Crippen LogP contribution >= 0.6 is 11.8 Å². The van der Waals surface area contributed by atoms with E-state index in [9.17, 15) is 29.1 Å². The maximum Gasteiger partial charge on any atom is 0.326 e. The van der Waals surface area contributed by atoms with Crippen LogP contribution in [-0.4, -0.2) is 99.1 Å². The van der Waals surface area contributed by atoms with Crippen LogP contribution in [0.2, 0.25) is 0 Å². The fraction of sp³-hybridized carbons (Fsp3) is 0.440. The number of hydrogen-bond acceptors (Lipinski definition) is 9. The number of aliphatic carboxylic acids is 1. The molecule has 40 heavy (non-hydrogen) atoms. The molecule has 0 aliphatic rings. The van der Waals surface area contributed by atoms with E-state index in [1.165, 1.54) is 24.3 Å². The molecule has 0 saturated heterocycles. The van der Waals surface area contributed by atoms with Crippen LogP contribution in [0.25, 0.3) is 0 Å². The molecule has 0 aliphatic heterocycles. The zero-order valence-corrected chi connectivity index (χ0v) is 22.8. The first kappa shape index (κ1) is 32.3. The molecule has 0 radical (unpaired) electrons. The molecule has 1 aromatic carbocycles. The summed E-state index contributed by atoms with van der Waals surface area (Å²) in [5, 5.41) is 28.6. The van der Waals surface area contributed by atoms with Gasteiger partial charge in [0.25, 0.3) is 0 Å². The van der Waals surface area contributed by atoms with Gasteiger partial charge in [0.15, 0.2) is 0 Å². The minimum absolute atomic E-state index is 0.0573. The molecule has 1 aromatic heterocycles. The summed E-state index contributed by atoms with van der Waals surface area (Å²) in [7, 11) is 0. The Balaban J connectivity index is 2.02. The predicted molar refractivity (Wildman–Crippen MR) is 147 cm³/mol. The normalized spacial score (nSPS) is 13.8. The van der Waals surface area contributed by atoms with Crippen LogP contribution in [0.5, 0.6) is 0 Å². The Kier molecular flexibility index (Phi) is 13.6. The summed E-state index contributed by atoms with van der Waals surface area (Å²) in [6.45, 7) is -1.12. The number of aromatic amines is 1. The van der Waals surface area contributed by atoms with Crippen molar-refractivity contribution in [2.45, 2.75) is 43.4 Å². The minimum Gasteiger partial charge on any atom is -0.480 e. The first-order valence-electron chi connectivity index (χ1n) is 12.4. The average molecular weight is 578 g/mol. The molecule has 2 aromatic rings. The van der Waals surface area contributed by atoms with Crippen molar-refractivity contribution in [3.05, 3.63) is 54.1 Å². The lowest BCUT2D eigenvalue weighted by Crippen LogP contribution is -2.56. The zero-order chi connectivity index (χ0) is 29.5. The Bertz CT molecular complexity index is 1120. The molecule has 4 atom stereocenters. The highest BCUT2D eigenvalue weighted by atomic mass is 32.2.